The van der Waals surface area contributed by atoms with E-state index in [2.05, 4.69) is 0 Å². The van der Waals surface area contributed by atoms with Crippen LogP contribution in [0.15, 0.2) is 65.3 Å². The molecule has 1 fully saturated rings. The van der Waals surface area contributed by atoms with Crippen LogP contribution in [0.4, 0.5) is 5.69 Å². The number of imide groups is 1. The van der Waals surface area contributed by atoms with Crippen LogP contribution >= 0.6 is 0 Å². The lowest BCUT2D eigenvalue weighted by molar-refractivity contribution is 0.0518. The molecular formula is C25H21N3O5. The van der Waals surface area contributed by atoms with Crippen molar-refractivity contribution >= 4 is 29.3 Å². The van der Waals surface area contributed by atoms with Crippen LogP contribution in [0, 0.1) is 6.92 Å². The number of hydrogen-bond acceptors (Lipinski definition) is 5. The van der Waals surface area contributed by atoms with E-state index >= 15 is 0 Å². The Kier molecular flexibility index (Phi) is 5.05. The van der Waals surface area contributed by atoms with Crippen molar-refractivity contribution < 1.29 is 23.6 Å². The van der Waals surface area contributed by atoms with E-state index < -0.39 is 11.8 Å². The zero-order valence-corrected chi connectivity index (χ0v) is 18.0. The predicted molar refractivity (Wildman–Crippen MR) is 119 cm³/mol. The second kappa shape index (κ2) is 8.05. The number of piperazine rings is 1. The average molecular weight is 443 g/mol. The molecule has 8 heteroatoms. The number of benzene rings is 2. The smallest absolute Gasteiger partial charge is 0.289 e. The first-order valence-electron chi connectivity index (χ1n) is 10.7. The first kappa shape index (κ1) is 20.7. The van der Waals surface area contributed by atoms with Crippen molar-refractivity contribution in [1.82, 2.24) is 9.80 Å². The lowest BCUT2D eigenvalue weighted by Crippen LogP contribution is -2.50. The molecule has 1 saturated heterocycles. The standard InChI is InChI=1S/C25H21N3O5/c1-16-4-7-18(8-5-16)28-23(30)19-9-6-17(15-20(19)24(28)31)22(29)26-10-12-27(13-11-26)25(32)21-3-2-14-33-21/h2-9,14-15H,10-13H2,1H3. The van der Waals surface area contributed by atoms with Crippen LogP contribution in [0.1, 0.15) is 47.2 Å². The molecule has 0 unspecified atom stereocenters. The molecule has 0 saturated carbocycles. The predicted octanol–water partition coefficient (Wildman–Crippen LogP) is 2.99. The molecule has 0 aliphatic carbocycles. The molecule has 2 aromatic carbocycles. The van der Waals surface area contributed by atoms with Crippen molar-refractivity contribution in [2.24, 2.45) is 0 Å². The second-order valence-corrected chi connectivity index (χ2v) is 8.10. The van der Waals surface area contributed by atoms with Gasteiger partial charge in [-0.05, 0) is 49.4 Å². The number of hydrogen-bond donors (Lipinski definition) is 0. The Hall–Kier alpha value is -4.20. The molecule has 5 rings (SSSR count). The Labute approximate surface area is 190 Å². The third kappa shape index (κ3) is 3.59. The van der Waals surface area contributed by atoms with Gasteiger partial charge in [-0.15, -0.1) is 0 Å². The van der Waals surface area contributed by atoms with E-state index in [1.54, 1.807) is 40.1 Å². The van der Waals surface area contributed by atoms with E-state index in [4.69, 9.17) is 4.42 Å². The Morgan fingerprint density at radius 3 is 2.06 bits per heavy atom. The zero-order chi connectivity index (χ0) is 23.1. The summed E-state index contributed by atoms with van der Waals surface area (Å²) in [6.07, 6.45) is 1.45. The molecule has 8 nitrogen and oxygen atoms in total. The minimum Gasteiger partial charge on any atom is -0.459 e. The number of fused-ring (bicyclic) bond motifs is 1. The summed E-state index contributed by atoms with van der Waals surface area (Å²) < 4.78 is 5.16. The minimum atomic E-state index is -0.442. The number of anilines is 1. The van der Waals surface area contributed by atoms with Gasteiger partial charge in [0.2, 0.25) is 0 Å². The highest BCUT2D eigenvalue weighted by Gasteiger charge is 2.37. The monoisotopic (exact) mass is 443 g/mol. The lowest BCUT2D eigenvalue weighted by atomic mass is 10.0. The molecule has 0 atom stereocenters. The summed E-state index contributed by atoms with van der Waals surface area (Å²) in [4.78, 5) is 55.8. The van der Waals surface area contributed by atoms with Gasteiger partial charge in [0.15, 0.2) is 5.76 Å². The maximum Gasteiger partial charge on any atom is 0.289 e. The average Bonchev–Trinajstić information content (AvgIpc) is 3.46. The van der Waals surface area contributed by atoms with Gasteiger partial charge >= 0.3 is 0 Å². The van der Waals surface area contributed by atoms with Gasteiger partial charge < -0.3 is 14.2 Å². The van der Waals surface area contributed by atoms with Crippen molar-refractivity contribution in [3.63, 3.8) is 0 Å². The van der Waals surface area contributed by atoms with Crippen LogP contribution in [-0.4, -0.2) is 59.6 Å². The summed E-state index contributed by atoms with van der Waals surface area (Å²) in [6.45, 7) is 3.43. The zero-order valence-electron chi connectivity index (χ0n) is 18.0. The molecule has 33 heavy (non-hydrogen) atoms. The molecule has 4 amide bonds. The van der Waals surface area contributed by atoms with Gasteiger partial charge in [0.05, 0.1) is 23.1 Å². The third-order valence-corrected chi connectivity index (χ3v) is 6.01. The van der Waals surface area contributed by atoms with E-state index in [-0.39, 0.29) is 28.7 Å². The molecular weight excluding hydrogens is 422 g/mol. The number of amides is 4. The number of furan rings is 1. The number of rotatable bonds is 3. The fourth-order valence-electron chi connectivity index (χ4n) is 4.15. The van der Waals surface area contributed by atoms with Gasteiger partial charge in [-0.25, -0.2) is 4.90 Å². The normalized spacial score (nSPS) is 15.7. The summed E-state index contributed by atoms with van der Waals surface area (Å²) in [7, 11) is 0. The number of nitrogens with zero attached hydrogens (tertiary/aromatic N) is 3. The molecule has 0 bridgehead atoms. The molecule has 2 aliphatic heterocycles. The van der Waals surface area contributed by atoms with Crippen LogP contribution in [0.5, 0.6) is 0 Å². The first-order valence-corrected chi connectivity index (χ1v) is 10.7. The molecule has 2 aliphatic rings. The molecule has 1 aromatic heterocycles. The number of aryl methyl sites for hydroxylation is 1. The van der Waals surface area contributed by atoms with Crippen molar-refractivity contribution in [2.75, 3.05) is 31.1 Å². The number of carbonyl (C=O) groups excluding carboxylic acids is 4. The van der Waals surface area contributed by atoms with Crippen LogP contribution in [0.3, 0.4) is 0 Å². The number of carbonyl (C=O) groups is 4. The Bertz CT molecular complexity index is 1260. The van der Waals surface area contributed by atoms with E-state index in [1.807, 2.05) is 19.1 Å². The van der Waals surface area contributed by atoms with Gasteiger partial charge in [-0.2, -0.15) is 0 Å². The van der Waals surface area contributed by atoms with E-state index in [9.17, 15) is 19.2 Å². The van der Waals surface area contributed by atoms with Crippen LogP contribution in [0.25, 0.3) is 0 Å². The molecule has 166 valence electrons. The molecule has 3 heterocycles. The Morgan fingerprint density at radius 1 is 0.788 bits per heavy atom. The maximum atomic E-state index is 13.1. The topological polar surface area (TPSA) is 91.1 Å². The highest BCUT2D eigenvalue weighted by molar-refractivity contribution is 6.34. The van der Waals surface area contributed by atoms with Gasteiger partial charge in [0, 0.05) is 31.7 Å². The summed E-state index contributed by atoms with van der Waals surface area (Å²) >= 11 is 0. The third-order valence-electron chi connectivity index (χ3n) is 6.01. The van der Waals surface area contributed by atoms with Gasteiger partial charge in [0.25, 0.3) is 23.6 Å². The largest absolute Gasteiger partial charge is 0.459 e. The van der Waals surface area contributed by atoms with Crippen molar-refractivity contribution in [1.29, 1.82) is 0 Å². The SMILES string of the molecule is Cc1ccc(N2C(=O)c3ccc(C(=O)N4CCN(C(=O)c5ccco5)CC4)cc3C2=O)cc1. The fourth-order valence-corrected chi connectivity index (χ4v) is 4.15. The molecule has 3 aromatic rings. The van der Waals surface area contributed by atoms with Crippen LogP contribution < -0.4 is 4.90 Å². The van der Waals surface area contributed by atoms with Gasteiger partial charge in [0.1, 0.15) is 0 Å². The van der Waals surface area contributed by atoms with Crippen molar-refractivity contribution in [3.8, 4) is 0 Å². The van der Waals surface area contributed by atoms with Gasteiger partial charge in [-0.1, -0.05) is 17.7 Å². The van der Waals surface area contributed by atoms with E-state index in [0.717, 1.165) is 10.5 Å². The molecule has 0 spiro atoms. The second-order valence-electron chi connectivity index (χ2n) is 8.10. The Morgan fingerprint density at radius 2 is 1.42 bits per heavy atom. The highest BCUT2D eigenvalue weighted by Crippen LogP contribution is 2.29. The van der Waals surface area contributed by atoms with Crippen molar-refractivity contribution in [2.45, 2.75) is 6.92 Å². The highest BCUT2D eigenvalue weighted by atomic mass is 16.3. The van der Waals surface area contributed by atoms with Crippen LogP contribution in [-0.2, 0) is 0 Å². The van der Waals surface area contributed by atoms with E-state index in [0.29, 0.717) is 37.4 Å². The fraction of sp³-hybridized carbons (Fsp3) is 0.200. The summed E-state index contributed by atoms with van der Waals surface area (Å²) in [6, 6.07) is 15.0. The Balaban J connectivity index is 1.31. The van der Waals surface area contributed by atoms with Crippen molar-refractivity contribution in [3.05, 3.63) is 88.9 Å². The summed E-state index contributed by atoms with van der Waals surface area (Å²) in [5, 5.41) is 0. The molecule has 0 N–H and O–H groups in total. The maximum absolute atomic E-state index is 13.1. The van der Waals surface area contributed by atoms with E-state index in [1.165, 1.54) is 18.4 Å². The van der Waals surface area contributed by atoms with Crippen LogP contribution in [0.2, 0.25) is 0 Å². The lowest BCUT2D eigenvalue weighted by Gasteiger charge is -2.34. The first-order chi connectivity index (χ1) is 15.9. The minimum absolute atomic E-state index is 0.204. The summed E-state index contributed by atoms with van der Waals surface area (Å²) in [5.74, 6) is -1.01. The quantitative estimate of drug-likeness (QED) is 0.581. The van der Waals surface area contributed by atoms with Gasteiger partial charge in [-0.3, -0.25) is 19.2 Å². The molecule has 0 radical (unpaired) electrons. The summed E-state index contributed by atoms with van der Waals surface area (Å²) in [5.41, 5.74) is 2.36.